The van der Waals surface area contributed by atoms with Crippen LogP contribution in [0.15, 0.2) is 170 Å². The third-order valence-corrected chi connectivity index (χ3v) is 16.5. The van der Waals surface area contributed by atoms with Crippen LogP contribution in [0.25, 0.3) is 22.3 Å². The van der Waals surface area contributed by atoms with E-state index in [9.17, 15) is 8.22 Å². The molecule has 0 unspecified atom stereocenters. The van der Waals surface area contributed by atoms with Gasteiger partial charge in [0, 0.05) is 34.1 Å². The predicted octanol–water partition coefficient (Wildman–Crippen LogP) is 17.2. The highest BCUT2D eigenvalue weighted by Gasteiger charge is 2.57. The first kappa shape index (κ1) is 34.7. The molecule has 9 rings (SSSR count). The van der Waals surface area contributed by atoms with Crippen LogP contribution in [-0.4, -0.2) is 0 Å². The summed E-state index contributed by atoms with van der Waals surface area (Å²) in [6.07, 6.45) is 0. The molecule has 0 amide bonds. The van der Waals surface area contributed by atoms with Gasteiger partial charge in [0.1, 0.15) is 0 Å². The van der Waals surface area contributed by atoms with Gasteiger partial charge in [0.2, 0.25) is 0 Å². The molecule has 0 N–H and O–H groups in total. The fraction of sp³-hybridized carbons (Fsp3) is 0.300. The molecule has 0 aromatic heterocycles. The molecule has 0 radical (unpaired) electrons. The average Bonchev–Trinajstić information content (AvgIpc) is 3.48. The number of hydrogen-bond donors (Lipinski definition) is 0. The predicted molar refractivity (Wildman–Crippen MR) is 266 cm³/mol. The number of para-hydroxylation sites is 2. The van der Waals surface area contributed by atoms with Crippen molar-refractivity contribution in [1.29, 1.82) is 0 Å². The first-order valence-corrected chi connectivity index (χ1v) is 22.1. The summed E-state index contributed by atoms with van der Waals surface area (Å²) in [6, 6.07) is 46.0. The highest BCUT2D eigenvalue weighted by atomic mass is 15.2. The Hall–Kier alpha value is -5.86. The standard InChI is InChI=1S/C60H64N2/c1-55(2)51-34-32-43(38-53(51)57(5,6)59(55,9)10)41-22-19-28-47(36-41)61(45-24-15-13-16-25-45)49-30-21-31-50(40-49)62(46-26-17-14-18-27-46)48-29-20-23-42(37-48)44-33-35-52-54(39-44)58(7,8)60(11,12)56(52,3)4/h13-40H,1-12H3/i32D,33D,34D,35D,38D,39D. The SMILES string of the molecule is [2H]c1c([2H])c2c(c([2H])c1-c1cccc(N(c3ccccc3)c3cccc(N(c4ccccc4)c4cccc(-c5c([2H])c([2H])c6c(c5[2H])C(C)(C)C(C)(C)C6(C)C)c4)c3)c1)C(C)(C)C(C)(C)C2(C)C. The van der Waals surface area contributed by atoms with E-state index in [4.69, 9.17) is 0 Å². The van der Waals surface area contributed by atoms with E-state index in [1.54, 1.807) is 0 Å². The molecule has 0 fully saturated rings. The van der Waals surface area contributed by atoms with Crippen LogP contribution in [0.4, 0.5) is 34.1 Å². The van der Waals surface area contributed by atoms with E-state index in [2.05, 4.69) is 154 Å². The lowest BCUT2D eigenvalue weighted by molar-refractivity contribution is 0.125. The van der Waals surface area contributed by atoms with E-state index in [1.165, 1.54) is 0 Å². The lowest BCUT2D eigenvalue weighted by Crippen LogP contribution is -2.42. The largest absolute Gasteiger partial charge is 0.310 e. The number of anilines is 6. The van der Waals surface area contributed by atoms with Crippen LogP contribution >= 0.6 is 0 Å². The van der Waals surface area contributed by atoms with Crippen molar-refractivity contribution in [3.8, 4) is 22.3 Å². The second kappa shape index (κ2) is 14.3. The van der Waals surface area contributed by atoms with Crippen molar-refractivity contribution in [2.24, 2.45) is 10.8 Å². The third-order valence-electron chi connectivity index (χ3n) is 16.5. The summed E-state index contributed by atoms with van der Waals surface area (Å²) in [6.45, 7) is 26.3. The Bertz CT molecular complexity index is 2940. The number of rotatable bonds is 8. The second-order valence-electron chi connectivity index (χ2n) is 20.7. The summed E-state index contributed by atoms with van der Waals surface area (Å²) in [5, 5.41) is 0. The Balaban J connectivity index is 1.19. The maximum atomic E-state index is 9.79. The first-order valence-electron chi connectivity index (χ1n) is 25.1. The van der Waals surface area contributed by atoms with Crippen molar-refractivity contribution in [1.82, 2.24) is 0 Å². The minimum atomic E-state index is -0.413. The molecule has 7 aromatic carbocycles. The molecule has 0 atom stereocenters. The molecule has 2 heteroatoms. The first-order chi connectivity index (χ1) is 31.8. The van der Waals surface area contributed by atoms with Gasteiger partial charge < -0.3 is 9.80 Å². The number of fused-ring (bicyclic) bond motifs is 2. The lowest BCUT2D eigenvalue weighted by atomic mass is 9.59. The Morgan fingerprint density at radius 2 is 0.613 bits per heavy atom. The molecular formula is C60H64N2. The Morgan fingerprint density at radius 3 is 0.984 bits per heavy atom. The van der Waals surface area contributed by atoms with Crippen molar-refractivity contribution in [2.75, 3.05) is 9.80 Å². The number of benzene rings is 7. The fourth-order valence-electron chi connectivity index (χ4n) is 10.2. The van der Waals surface area contributed by atoms with Crippen LogP contribution in [0.2, 0.25) is 0 Å². The minimum Gasteiger partial charge on any atom is -0.310 e. The monoisotopic (exact) mass is 819 g/mol. The van der Waals surface area contributed by atoms with Gasteiger partial charge in [-0.25, -0.2) is 0 Å². The molecule has 0 saturated carbocycles. The number of hydrogen-bond acceptors (Lipinski definition) is 2. The quantitative estimate of drug-likeness (QED) is 0.151. The van der Waals surface area contributed by atoms with E-state index in [0.717, 1.165) is 56.4 Å². The van der Waals surface area contributed by atoms with Gasteiger partial charge in [-0.2, -0.15) is 0 Å². The second-order valence-corrected chi connectivity index (χ2v) is 20.7. The van der Waals surface area contributed by atoms with Gasteiger partial charge in [0.15, 0.2) is 0 Å². The zero-order valence-corrected chi connectivity index (χ0v) is 38.6. The highest BCUT2D eigenvalue weighted by molar-refractivity contribution is 5.85. The van der Waals surface area contributed by atoms with E-state index in [0.29, 0.717) is 34.3 Å². The molecule has 314 valence electrons. The molecule has 0 saturated heterocycles. The molecule has 2 nitrogen and oxygen atoms in total. The summed E-state index contributed by atoms with van der Waals surface area (Å²) in [5.74, 6) is 0. The third kappa shape index (κ3) is 6.11. The zero-order valence-electron chi connectivity index (χ0n) is 44.6. The van der Waals surface area contributed by atoms with Gasteiger partial charge in [-0.1, -0.05) is 186 Å². The molecule has 7 aromatic rings. The van der Waals surface area contributed by atoms with Gasteiger partial charge in [0.05, 0.1) is 8.22 Å². The normalized spacial score (nSPS) is 19.5. The van der Waals surface area contributed by atoms with Crippen LogP contribution in [0, 0.1) is 10.8 Å². The molecule has 0 heterocycles. The summed E-state index contributed by atoms with van der Waals surface area (Å²) < 4.78 is 57.4. The zero-order chi connectivity index (χ0) is 49.3. The molecule has 62 heavy (non-hydrogen) atoms. The van der Waals surface area contributed by atoms with Crippen molar-refractivity contribution >= 4 is 34.1 Å². The molecule has 0 aliphatic heterocycles. The topological polar surface area (TPSA) is 6.48 Å². The molecule has 0 bridgehead atoms. The maximum Gasteiger partial charge on any atom is 0.0632 e. The van der Waals surface area contributed by atoms with Crippen LogP contribution in [0.3, 0.4) is 0 Å². The fourth-order valence-corrected chi connectivity index (χ4v) is 10.2. The van der Waals surface area contributed by atoms with Gasteiger partial charge in [-0.3, -0.25) is 0 Å². The smallest absolute Gasteiger partial charge is 0.0632 e. The van der Waals surface area contributed by atoms with E-state index < -0.39 is 21.7 Å². The molecule has 0 spiro atoms. The van der Waals surface area contributed by atoms with Crippen molar-refractivity contribution in [3.63, 3.8) is 0 Å². The minimum absolute atomic E-state index is 0.0757. The summed E-state index contributed by atoms with van der Waals surface area (Å²) in [7, 11) is 0. The van der Waals surface area contributed by atoms with Crippen LogP contribution < -0.4 is 9.80 Å². The van der Waals surface area contributed by atoms with Gasteiger partial charge in [-0.15, -0.1) is 0 Å². The summed E-state index contributed by atoms with van der Waals surface area (Å²) in [5.41, 5.74) is 8.83. The van der Waals surface area contributed by atoms with Crippen molar-refractivity contribution < 1.29 is 8.22 Å². The maximum absolute atomic E-state index is 9.79. The highest BCUT2D eigenvalue weighted by Crippen LogP contribution is 2.63. The summed E-state index contributed by atoms with van der Waals surface area (Å²) in [4.78, 5) is 4.38. The van der Waals surface area contributed by atoms with Crippen molar-refractivity contribution in [2.45, 2.75) is 105 Å². The summed E-state index contributed by atoms with van der Waals surface area (Å²) >= 11 is 0. The Morgan fingerprint density at radius 1 is 0.306 bits per heavy atom. The van der Waals surface area contributed by atoms with E-state index in [1.807, 2.05) is 72.8 Å². The lowest BCUT2D eigenvalue weighted by Gasteiger charge is -2.44. The van der Waals surface area contributed by atoms with Gasteiger partial charge in [-0.05, 0) is 144 Å². The average molecular weight is 819 g/mol. The van der Waals surface area contributed by atoms with Gasteiger partial charge >= 0.3 is 0 Å². The van der Waals surface area contributed by atoms with Crippen LogP contribution in [0.5, 0.6) is 0 Å². The number of nitrogens with zero attached hydrogens (tertiary/aromatic N) is 2. The van der Waals surface area contributed by atoms with Gasteiger partial charge in [0.25, 0.3) is 0 Å². The Labute approximate surface area is 380 Å². The van der Waals surface area contributed by atoms with Crippen LogP contribution in [-0.2, 0) is 21.7 Å². The van der Waals surface area contributed by atoms with E-state index in [-0.39, 0.29) is 35.0 Å². The molecular weight excluding hydrogens is 749 g/mol. The van der Waals surface area contributed by atoms with Crippen LogP contribution in [0.1, 0.15) is 114 Å². The van der Waals surface area contributed by atoms with Crippen molar-refractivity contribution in [3.05, 3.63) is 192 Å². The molecule has 2 aliphatic rings. The van der Waals surface area contributed by atoms with E-state index >= 15 is 0 Å². The molecule has 2 aliphatic carbocycles. The Kier molecular flexibility index (Phi) is 8.03.